The van der Waals surface area contributed by atoms with Gasteiger partial charge >= 0.3 is 0 Å². The molecule has 0 radical (unpaired) electrons. The predicted octanol–water partition coefficient (Wildman–Crippen LogP) is 1.61. The molecular formula is C17H26ClN3O2. The number of likely N-dealkylation sites (tertiary alicyclic amines) is 1. The topological polar surface area (TPSA) is 48.8 Å². The molecule has 2 saturated heterocycles. The van der Waals surface area contributed by atoms with Crippen molar-refractivity contribution in [2.24, 2.45) is 0 Å². The minimum absolute atomic E-state index is 0.289. The summed E-state index contributed by atoms with van der Waals surface area (Å²) in [5, 5.41) is 11.1. The van der Waals surface area contributed by atoms with Gasteiger partial charge in [0.25, 0.3) is 0 Å². The van der Waals surface area contributed by atoms with Crippen molar-refractivity contribution in [3.63, 3.8) is 0 Å². The predicted molar refractivity (Wildman–Crippen MR) is 90.9 cm³/mol. The van der Waals surface area contributed by atoms with Crippen LogP contribution in [0.4, 0.5) is 0 Å². The molecule has 2 aliphatic rings. The van der Waals surface area contributed by atoms with E-state index in [1.165, 1.54) is 0 Å². The van der Waals surface area contributed by atoms with Gasteiger partial charge in [0.2, 0.25) is 0 Å². The second-order valence-corrected chi connectivity index (χ2v) is 6.92. The lowest BCUT2D eigenvalue weighted by Crippen LogP contribution is -2.46. The number of ether oxygens (including phenoxy) is 1. The summed E-state index contributed by atoms with van der Waals surface area (Å²) in [6, 6.07) is 3.80. The number of halogens is 1. The van der Waals surface area contributed by atoms with Gasteiger partial charge in [-0.1, -0.05) is 11.6 Å². The lowest BCUT2D eigenvalue weighted by atomic mass is 9.93. The second-order valence-electron chi connectivity index (χ2n) is 6.51. The molecule has 3 heterocycles. The first-order chi connectivity index (χ1) is 11.2. The van der Waals surface area contributed by atoms with Crippen molar-refractivity contribution in [3.8, 4) is 0 Å². The molecule has 0 bridgehead atoms. The number of hydrogen-bond acceptors (Lipinski definition) is 5. The van der Waals surface area contributed by atoms with Gasteiger partial charge in [-0.25, -0.2) is 0 Å². The number of pyridine rings is 1. The molecule has 1 aromatic rings. The van der Waals surface area contributed by atoms with E-state index in [0.29, 0.717) is 5.92 Å². The van der Waals surface area contributed by atoms with Gasteiger partial charge in [0.15, 0.2) is 0 Å². The Bertz CT molecular complexity index is 488. The monoisotopic (exact) mass is 339 g/mol. The molecule has 6 heteroatoms. The van der Waals surface area contributed by atoms with E-state index in [-0.39, 0.29) is 6.10 Å². The van der Waals surface area contributed by atoms with Crippen molar-refractivity contribution in [2.75, 3.05) is 52.5 Å². The minimum atomic E-state index is -0.289. The van der Waals surface area contributed by atoms with Crippen LogP contribution >= 0.6 is 11.6 Å². The normalized spacial score (nSPS) is 23.0. The largest absolute Gasteiger partial charge is 0.390 e. The average molecular weight is 340 g/mol. The zero-order valence-corrected chi connectivity index (χ0v) is 14.3. The van der Waals surface area contributed by atoms with Gasteiger partial charge < -0.3 is 14.7 Å². The molecule has 1 aromatic heterocycles. The van der Waals surface area contributed by atoms with E-state index in [2.05, 4.69) is 14.8 Å². The molecular weight excluding hydrogens is 314 g/mol. The molecule has 0 aliphatic carbocycles. The van der Waals surface area contributed by atoms with Gasteiger partial charge in [-0.2, -0.15) is 0 Å². The Morgan fingerprint density at radius 3 is 2.48 bits per heavy atom. The Labute approximate surface area is 143 Å². The maximum atomic E-state index is 10.3. The number of β-amino-alcohol motifs (C(OH)–C–C–N with tert-alkyl or cyclic N) is 1. The van der Waals surface area contributed by atoms with Crippen molar-refractivity contribution in [2.45, 2.75) is 24.9 Å². The van der Waals surface area contributed by atoms with E-state index < -0.39 is 0 Å². The van der Waals surface area contributed by atoms with E-state index in [1.807, 2.05) is 18.3 Å². The smallest absolute Gasteiger partial charge is 0.0793 e. The Balaban J connectivity index is 1.43. The Morgan fingerprint density at radius 1 is 1.17 bits per heavy atom. The molecule has 0 aromatic carbocycles. The van der Waals surface area contributed by atoms with Crippen LogP contribution in [0.15, 0.2) is 18.3 Å². The van der Waals surface area contributed by atoms with Crippen molar-refractivity contribution >= 4 is 11.6 Å². The summed E-state index contributed by atoms with van der Waals surface area (Å²) in [6.07, 6.45) is 3.64. The molecule has 1 N–H and O–H groups in total. The molecule has 1 unspecified atom stereocenters. The van der Waals surface area contributed by atoms with Gasteiger partial charge in [-0.05, 0) is 38.1 Å². The lowest BCUT2D eigenvalue weighted by molar-refractivity contribution is 0.00506. The summed E-state index contributed by atoms with van der Waals surface area (Å²) in [6.45, 7) is 6.91. The summed E-state index contributed by atoms with van der Waals surface area (Å²) >= 11 is 6.25. The zero-order chi connectivity index (χ0) is 16.1. The van der Waals surface area contributed by atoms with Gasteiger partial charge in [-0.15, -0.1) is 0 Å². The number of piperidine rings is 1. The van der Waals surface area contributed by atoms with Crippen LogP contribution in [0, 0.1) is 0 Å². The van der Waals surface area contributed by atoms with Crippen LogP contribution in [0.1, 0.15) is 24.5 Å². The number of nitrogens with zero attached hydrogens (tertiary/aromatic N) is 3. The van der Waals surface area contributed by atoms with Crippen LogP contribution in [0.3, 0.4) is 0 Å². The maximum Gasteiger partial charge on any atom is 0.0793 e. The van der Waals surface area contributed by atoms with Gasteiger partial charge in [0.1, 0.15) is 0 Å². The van der Waals surface area contributed by atoms with Crippen LogP contribution in [0.5, 0.6) is 0 Å². The van der Waals surface area contributed by atoms with E-state index in [9.17, 15) is 5.11 Å². The molecule has 3 rings (SSSR count). The summed E-state index contributed by atoms with van der Waals surface area (Å²) in [5.41, 5.74) is 1.03. The molecule has 1 atom stereocenters. The molecule has 2 aliphatic heterocycles. The fourth-order valence-corrected chi connectivity index (χ4v) is 3.80. The highest BCUT2D eigenvalue weighted by Crippen LogP contribution is 2.30. The van der Waals surface area contributed by atoms with E-state index >= 15 is 0 Å². The first kappa shape index (κ1) is 17.1. The molecule has 0 spiro atoms. The standard InChI is InChI=1S/C17H26ClN3O2/c18-16-2-1-5-19-17(16)14-3-6-20(7-4-14)12-15(22)13-21-8-10-23-11-9-21/h1-2,5,14-15,22H,3-4,6-13H2. The minimum Gasteiger partial charge on any atom is -0.390 e. The molecule has 128 valence electrons. The number of rotatable bonds is 5. The van der Waals surface area contributed by atoms with E-state index in [4.69, 9.17) is 16.3 Å². The molecule has 5 nitrogen and oxygen atoms in total. The average Bonchev–Trinajstić information content (AvgIpc) is 2.57. The van der Waals surface area contributed by atoms with E-state index in [0.717, 1.165) is 76.0 Å². The summed E-state index contributed by atoms with van der Waals surface area (Å²) in [7, 11) is 0. The lowest BCUT2D eigenvalue weighted by Gasteiger charge is -2.35. The number of aliphatic hydroxyl groups excluding tert-OH is 1. The highest BCUT2D eigenvalue weighted by atomic mass is 35.5. The van der Waals surface area contributed by atoms with Gasteiger partial charge in [0, 0.05) is 38.3 Å². The van der Waals surface area contributed by atoms with Gasteiger partial charge in [0.05, 0.1) is 30.0 Å². The van der Waals surface area contributed by atoms with Crippen molar-refractivity contribution in [1.82, 2.24) is 14.8 Å². The summed E-state index contributed by atoms with van der Waals surface area (Å²) < 4.78 is 5.34. The highest BCUT2D eigenvalue weighted by molar-refractivity contribution is 6.31. The summed E-state index contributed by atoms with van der Waals surface area (Å²) in [4.78, 5) is 9.09. The number of morpholine rings is 1. The molecule has 2 fully saturated rings. The van der Waals surface area contributed by atoms with Crippen molar-refractivity contribution in [1.29, 1.82) is 0 Å². The first-order valence-corrected chi connectivity index (χ1v) is 8.91. The fraction of sp³-hybridized carbons (Fsp3) is 0.706. The van der Waals surface area contributed by atoms with E-state index in [1.54, 1.807) is 0 Å². The molecule has 23 heavy (non-hydrogen) atoms. The summed E-state index contributed by atoms with van der Waals surface area (Å²) in [5.74, 6) is 0.441. The third kappa shape index (κ3) is 4.88. The Morgan fingerprint density at radius 2 is 1.83 bits per heavy atom. The van der Waals surface area contributed by atoms with Crippen LogP contribution in [0.2, 0.25) is 5.02 Å². The number of aliphatic hydroxyl groups is 1. The maximum absolute atomic E-state index is 10.3. The van der Waals surface area contributed by atoms with Crippen LogP contribution in [-0.4, -0.2) is 78.5 Å². The van der Waals surface area contributed by atoms with Crippen LogP contribution in [-0.2, 0) is 4.74 Å². The fourth-order valence-electron chi connectivity index (χ4n) is 3.52. The first-order valence-electron chi connectivity index (χ1n) is 8.53. The quantitative estimate of drug-likeness (QED) is 0.883. The SMILES string of the molecule is OC(CN1CCOCC1)CN1CCC(c2ncccc2Cl)CC1. The Kier molecular flexibility index (Phi) is 6.25. The van der Waals surface area contributed by atoms with Crippen molar-refractivity contribution < 1.29 is 9.84 Å². The van der Waals surface area contributed by atoms with Crippen LogP contribution < -0.4 is 0 Å². The highest BCUT2D eigenvalue weighted by Gasteiger charge is 2.25. The second kappa shape index (κ2) is 8.40. The van der Waals surface area contributed by atoms with Crippen LogP contribution in [0.25, 0.3) is 0 Å². The zero-order valence-electron chi connectivity index (χ0n) is 13.5. The van der Waals surface area contributed by atoms with Crippen molar-refractivity contribution in [3.05, 3.63) is 29.0 Å². The molecule has 0 amide bonds. The molecule has 0 saturated carbocycles. The number of aromatic nitrogens is 1. The Hall–Kier alpha value is -0.720. The number of hydrogen-bond donors (Lipinski definition) is 1. The third-order valence-electron chi connectivity index (χ3n) is 4.80. The third-order valence-corrected chi connectivity index (χ3v) is 5.12. The van der Waals surface area contributed by atoms with Gasteiger partial charge in [-0.3, -0.25) is 9.88 Å².